The summed E-state index contributed by atoms with van der Waals surface area (Å²) in [6.45, 7) is 4.73. The van der Waals surface area contributed by atoms with Crippen LogP contribution >= 0.6 is 0 Å². The maximum atomic E-state index is 12.8. The highest BCUT2D eigenvalue weighted by Gasteiger charge is 2.45. The number of hydrogen-bond acceptors (Lipinski definition) is 4. The number of hydrogen-bond donors (Lipinski definition) is 1. The Hall–Kier alpha value is -2.43. The first kappa shape index (κ1) is 18.0. The average Bonchev–Trinajstić information content (AvgIpc) is 3.54. The van der Waals surface area contributed by atoms with Gasteiger partial charge in [-0.1, -0.05) is 37.3 Å². The van der Waals surface area contributed by atoms with Crippen molar-refractivity contribution in [3.8, 4) is 0 Å². The van der Waals surface area contributed by atoms with Crippen LogP contribution in [0.3, 0.4) is 0 Å². The molecular formula is C22H28N4O. The van der Waals surface area contributed by atoms with Crippen LogP contribution in [0.15, 0.2) is 42.7 Å². The summed E-state index contributed by atoms with van der Waals surface area (Å²) in [6, 6.07) is 10.4. The zero-order valence-electron chi connectivity index (χ0n) is 16.0. The molecule has 2 fully saturated rings. The molecule has 0 bridgehead atoms. The molecule has 0 spiro atoms. The van der Waals surface area contributed by atoms with Gasteiger partial charge in [-0.15, -0.1) is 0 Å². The minimum atomic E-state index is 0.201. The van der Waals surface area contributed by atoms with Crippen molar-refractivity contribution in [3.05, 3.63) is 53.9 Å². The van der Waals surface area contributed by atoms with E-state index in [-0.39, 0.29) is 5.92 Å². The van der Waals surface area contributed by atoms with Crippen LogP contribution in [0.4, 0.5) is 5.95 Å². The summed E-state index contributed by atoms with van der Waals surface area (Å²) in [5.74, 6) is 2.27. The number of aromatic nitrogens is 2. The van der Waals surface area contributed by atoms with Crippen LogP contribution < -0.4 is 5.32 Å². The summed E-state index contributed by atoms with van der Waals surface area (Å²) in [7, 11) is 0. The number of anilines is 1. The van der Waals surface area contributed by atoms with Gasteiger partial charge in [0.25, 0.3) is 0 Å². The Kier molecular flexibility index (Phi) is 5.37. The Morgan fingerprint density at radius 3 is 2.52 bits per heavy atom. The van der Waals surface area contributed by atoms with Crippen molar-refractivity contribution < 1.29 is 4.79 Å². The van der Waals surface area contributed by atoms with E-state index in [0.717, 1.165) is 50.9 Å². The molecule has 1 saturated heterocycles. The molecule has 2 aliphatic rings. The number of benzene rings is 1. The third kappa shape index (κ3) is 4.29. The number of rotatable bonds is 6. The Morgan fingerprint density at radius 1 is 1.15 bits per heavy atom. The van der Waals surface area contributed by atoms with Crippen molar-refractivity contribution >= 4 is 11.9 Å². The highest BCUT2D eigenvalue weighted by molar-refractivity contribution is 5.83. The smallest absolute Gasteiger partial charge is 0.226 e. The lowest BCUT2D eigenvalue weighted by Gasteiger charge is -2.32. The molecule has 0 unspecified atom stereocenters. The van der Waals surface area contributed by atoms with Crippen LogP contribution in [0, 0.1) is 11.8 Å². The number of likely N-dealkylation sites (tertiary alicyclic amines) is 1. The molecule has 4 rings (SSSR count). The second-order valence-electron chi connectivity index (χ2n) is 7.78. The molecule has 2 heterocycles. The Morgan fingerprint density at radius 2 is 1.85 bits per heavy atom. The molecule has 1 aromatic carbocycles. The van der Waals surface area contributed by atoms with Crippen LogP contribution in [0.2, 0.25) is 0 Å². The fourth-order valence-electron chi connectivity index (χ4n) is 3.99. The number of nitrogens with one attached hydrogen (secondary N) is 1. The van der Waals surface area contributed by atoms with Crippen molar-refractivity contribution in [2.24, 2.45) is 11.8 Å². The van der Waals surface area contributed by atoms with Gasteiger partial charge in [-0.3, -0.25) is 4.79 Å². The first-order valence-electron chi connectivity index (χ1n) is 10.1. The van der Waals surface area contributed by atoms with Gasteiger partial charge in [0.05, 0.1) is 0 Å². The van der Waals surface area contributed by atoms with Crippen LogP contribution in [0.25, 0.3) is 0 Å². The van der Waals surface area contributed by atoms with E-state index in [1.54, 1.807) is 0 Å². The Bertz CT molecular complexity index is 754. The maximum absolute atomic E-state index is 12.8. The maximum Gasteiger partial charge on any atom is 0.226 e. The molecule has 1 aliphatic heterocycles. The normalized spacial score (nSPS) is 22.5. The second-order valence-corrected chi connectivity index (χ2v) is 7.78. The highest BCUT2D eigenvalue weighted by Crippen LogP contribution is 2.48. The standard InChI is InChI=1S/C22H28N4O/c1-2-16-13-23-22(24-14-16)25-15-17-8-10-26(11-9-17)21(27)20-12-19(20)18-6-4-3-5-7-18/h3-7,13-14,17,19-20H,2,8-12,15H2,1H3,(H,23,24,25)/t19-,20+/m0/s1. The molecule has 5 nitrogen and oxygen atoms in total. The van der Waals surface area contributed by atoms with Gasteiger partial charge >= 0.3 is 0 Å². The van der Waals surface area contributed by atoms with Crippen LogP contribution in [0.5, 0.6) is 0 Å². The van der Waals surface area contributed by atoms with E-state index in [9.17, 15) is 4.79 Å². The summed E-state index contributed by atoms with van der Waals surface area (Å²) < 4.78 is 0. The topological polar surface area (TPSA) is 58.1 Å². The van der Waals surface area contributed by atoms with Gasteiger partial charge < -0.3 is 10.2 Å². The molecule has 1 saturated carbocycles. The second kappa shape index (κ2) is 8.07. The van der Waals surface area contributed by atoms with E-state index in [1.807, 2.05) is 18.5 Å². The lowest BCUT2D eigenvalue weighted by molar-refractivity contribution is -0.134. The number of aryl methyl sites for hydroxylation is 1. The summed E-state index contributed by atoms with van der Waals surface area (Å²) >= 11 is 0. The van der Waals surface area contributed by atoms with Crippen molar-refractivity contribution in [1.82, 2.24) is 14.9 Å². The molecule has 1 aliphatic carbocycles. The van der Waals surface area contributed by atoms with Crippen LogP contribution in [0.1, 0.15) is 43.2 Å². The highest BCUT2D eigenvalue weighted by atomic mass is 16.2. The van der Waals surface area contributed by atoms with E-state index >= 15 is 0 Å². The van der Waals surface area contributed by atoms with Gasteiger partial charge in [-0.05, 0) is 48.6 Å². The van der Waals surface area contributed by atoms with E-state index in [0.29, 0.717) is 23.7 Å². The predicted molar refractivity (Wildman–Crippen MR) is 106 cm³/mol. The first-order chi connectivity index (χ1) is 13.2. The summed E-state index contributed by atoms with van der Waals surface area (Å²) in [4.78, 5) is 23.6. The molecule has 0 radical (unpaired) electrons. The van der Waals surface area contributed by atoms with E-state index < -0.39 is 0 Å². The van der Waals surface area contributed by atoms with Gasteiger partial charge in [-0.2, -0.15) is 0 Å². The SMILES string of the molecule is CCc1cnc(NCC2CCN(C(=O)[C@@H]3C[C@H]3c3ccccc3)CC2)nc1. The van der Waals surface area contributed by atoms with Gasteiger partial charge in [0.1, 0.15) is 0 Å². The molecule has 1 aromatic heterocycles. The molecule has 1 N–H and O–H groups in total. The van der Waals surface area contributed by atoms with Crippen molar-refractivity contribution in [3.63, 3.8) is 0 Å². The number of nitrogens with zero attached hydrogens (tertiary/aromatic N) is 3. The van der Waals surface area contributed by atoms with Crippen molar-refractivity contribution in [2.45, 2.75) is 38.5 Å². The zero-order valence-corrected chi connectivity index (χ0v) is 16.0. The number of carbonyl (C=O) groups is 1. The van der Waals surface area contributed by atoms with Crippen molar-refractivity contribution in [2.75, 3.05) is 25.0 Å². The fourth-order valence-corrected chi connectivity index (χ4v) is 3.99. The Labute approximate surface area is 161 Å². The Balaban J connectivity index is 1.21. The quantitative estimate of drug-likeness (QED) is 0.852. The van der Waals surface area contributed by atoms with Gasteiger partial charge in [-0.25, -0.2) is 9.97 Å². The summed E-state index contributed by atoms with van der Waals surface area (Å²) in [6.07, 6.45) is 7.84. The average molecular weight is 364 g/mol. The third-order valence-corrected chi connectivity index (χ3v) is 5.92. The predicted octanol–water partition coefficient (Wildman–Crippen LogP) is 3.49. The van der Waals surface area contributed by atoms with Gasteiger partial charge in [0.2, 0.25) is 11.9 Å². The minimum Gasteiger partial charge on any atom is -0.354 e. The molecule has 142 valence electrons. The molecule has 5 heteroatoms. The number of carbonyl (C=O) groups excluding carboxylic acids is 1. The molecular weight excluding hydrogens is 336 g/mol. The van der Waals surface area contributed by atoms with E-state index in [1.165, 1.54) is 5.56 Å². The van der Waals surface area contributed by atoms with Gasteiger partial charge in [0.15, 0.2) is 0 Å². The van der Waals surface area contributed by atoms with Crippen molar-refractivity contribution in [1.29, 1.82) is 0 Å². The number of piperidine rings is 1. The fraction of sp³-hybridized carbons (Fsp3) is 0.500. The van der Waals surface area contributed by atoms with E-state index in [2.05, 4.69) is 51.4 Å². The largest absolute Gasteiger partial charge is 0.354 e. The molecule has 2 atom stereocenters. The van der Waals surface area contributed by atoms with Gasteiger partial charge in [0, 0.05) is 37.9 Å². The number of amides is 1. The third-order valence-electron chi connectivity index (χ3n) is 5.92. The lowest BCUT2D eigenvalue weighted by atomic mass is 9.96. The zero-order chi connectivity index (χ0) is 18.6. The van der Waals surface area contributed by atoms with E-state index in [4.69, 9.17) is 0 Å². The summed E-state index contributed by atoms with van der Waals surface area (Å²) in [5.41, 5.74) is 2.46. The van der Waals surface area contributed by atoms with Crippen LogP contribution in [-0.4, -0.2) is 40.4 Å². The molecule has 2 aromatic rings. The monoisotopic (exact) mass is 364 g/mol. The molecule has 1 amide bonds. The first-order valence-corrected chi connectivity index (χ1v) is 10.1. The summed E-state index contributed by atoms with van der Waals surface area (Å²) in [5, 5.41) is 3.35. The minimum absolute atomic E-state index is 0.201. The molecule has 27 heavy (non-hydrogen) atoms. The lowest BCUT2D eigenvalue weighted by Crippen LogP contribution is -2.40. The van der Waals surface area contributed by atoms with Crippen LogP contribution in [-0.2, 0) is 11.2 Å².